The monoisotopic (exact) mass is 370 g/mol. The lowest BCUT2D eigenvalue weighted by Gasteiger charge is -2.05. The molecule has 2 nitrogen and oxygen atoms in total. The lowest BCUT2D eigenvalue weighted by atomic mass is 10.2. The van der Waals surface area contributed by atoms with E-state index < -0.39 is 0 Å². The molecule has 0 saturated heterocycles. The molecule has 2 aromatic carbocycles. The molecule has 0 saturated carbocycles. The maximum absolute atomic E-state index is 4.57. The molecule has 0 atom stereocenters. The Hall–Kier alpha value is -1.88. The van der Waals surface area contributed by atoms with Gasteiger partial charge in [0.15, 0.2) is 0 Å². The van der Waals surface area contributed by atoms with E-state index in [0.717, 1.165) is 5.82 Å². The molecular weight excluding hydrogens is 359 g/mol. The molecule has 0 amide bonds. The van der Waals surface area contributed by atoms with Crippen LogP contribution in [0.3, 0.4) is 0 Å². The van der Waals surface area contributed by atoms with Gasteiger partial charge in [-0.15, -0.1) is 0 Å². The minimum absolute atomic E-state index is 0.956. The lowest BCUT2D eigenvalue weighted by molar-refractivity contribution is 1.02. The lowest BCUT2D eigenvalue weighted by Crippen LogP contribution is -1.94. The number of benzene rings is 2. The molecule has 20 heavy (non-hydrogen) atoms. The molecular formula is C17H11IN2. The molecule has 0 fully saturated rings. The fourth-order valence-electron chi connectivity index (χ4n) is 2.48. The molecule has 0 spiro atoms. The van der Waals surface area contributed by atoms with Gasteiger partial charge < -0.3 is 4.57 Å². The summed E-state index contributed by atoms with van der Waals surface area (Å²) in [5.74, 6) is 0.956. The maximum atomic E-state index is 4.57. The van der Waals surface area contributed by atoms with Gasteiger partial charge >= 0.3 is 0 Å². The summed E-state index contributed by atoms with van der Waals surface area (Å²) in [6.45, 7) is 0. The number of aromatic nitrogens is 2. The van der Waals surface area contributed by atoms with Crippen LogP contribution in [0, 0.1) is 3.57 Å². The molecule has 0 bridgehead atoms. The summed E-state index contributed by atoms with van der Waals surface area (Å²) >= 11 is 2.37. The van der Waals surface area contributed by atoms with Crippen LogP contribution in [0.5, 0.6) is 0 Å². The van der Waals surface area contributed by atoms with Crippen molar-refractivity contribution in [3.05, 3.63) is 70.7 Å². The Kier molecular flexibility index (Phi) is 2.73. The Balaban J connectivity index is 1.95. The highest BCUT2D eigenvalue weighted by atomic mass is 127. The number of halogens is 1. The Morgan fingerprint density at radius 1 is 0.850 bits per heavy atom. The molecule has 0 N–H and O–H groups in total. The first-order chi connectivity index (χ1) is 9.81. The fraction of sp³-hybridized carbons (Fsp3) is 0. The van der Waals surface area contributed by atoms with E-state index in [0.29, 0.717) is 0 Å². The predicted molar refractivity (Wildman–Crippen MR) is 91.3 cm³/mol. The molecule has 2 aromatic heterocycles. The molecule has 96 valence electrons. The van der Waals surface area contributed by atoms with Crippen LogP contribution in [0.1, 0.15) is 0 Å². The number of pyridine rings is 1. The van der Waals surface area contributed by atoms with Gasteiger partial charge in [-0.05, 0) is 45.5 Å². The van der Waals surface area contributed by atoms with Crippen molar-refractivity contribution >= 4 is 44.1 Å². The quantitative estimate of drug-likeness (QED) is 0.441. The topological polar surface area (TPSA) is 17.8 Å². The molecule has 2 heterocycles. The maximum Gasteiger partial charge on any atom is 0.137 e. The van der Waals surface area contributed by atoms with Crippen molar-refractivity contribution in [1.29, 1.82) is 0 Å². The molecule has 3 heteroatoms. The standard InChI is InChI=1S/C17H11IN2/c18-16-7-3-6-12-9-19-17(8-15(12)16)20-10-13-4-1-2-5-14(13)11-20/h1-11H. The van der Waals surface area contributed by atoms with E-state index in [2.05, 4.69) is 93.1 Å². The van der Waals surface area contributed by atoms with Crippen molar-refractivity contribution in [2.45, 2.75) is 0 Å². The van der Waals surface area contributed by atoms with Gasteiger partial charge in [-0.3, -0.25) is 0 Å². The summed E-state index contributed by atoms with van der Waals surface area (Å²) in [5.41, 5.74) is 0. The molecule has 0 radical (unpaired) electrons. The van der Waals surface area contributed by atoms with E-state index >= 15 is 0 Å². The number of fused-ring (bicyclic) bond motifs is 2. The zero-order valence-electron chi connectivity index (χ0n) is 10.6. The van der Waals surface area contributed by atoms with E-state index in [-0.39, 0.29) is 0 Å². The van der Waals surface area contributed by atoms with Gasteiger partial charge in [0.05, 0.1) is 0 Å². The smallest absolute Gasteiger partial charge is 0.137 e. The molecule has 4 aromatic rings. The summed E-state index contributed by atoms with van der Waals surface area (Å²) in [6, 6.07) is 16.8. The van der Waals surface area contributed by atoms with Crippen LogP contribution < -0.4 is 0 Å². The van der Waals surface area contributed by atoms with Gasteiger partial charge in [0.25, 0.3) is 0 Å². The van der Waals surface area contributed by atoms with Crippen molar-refractivity contribution in [2.75, 3.05) is 0 Å². The zero-order valence-corrected chi connectivity index (χ0v) is 12.8. The van der Waals surface area contributed by atoms with Crippen LogP contribution in [0.15, 0.2) is 67.1 Å². The number of nitrogens with zero attached hydrogens (tertiary/aromatic N) is 2. The average molecular weight is 370 g/mol. The third kappa shape index (κ3) is 1.89. The van der Waals surface area contributed by atoms with Crippen molar-refractivity contribution in [3.63, 3.8) is 0 Å². The Bertz CT molecular complexity index is 891. The second-order valence-electron chi connectivity index (χ2n) is 4.80. The van der Waals surface area contributed by atoms with E-state index in [1.54, 1.807) is 0 Å². The number of rotatable bonds is 1. The van der Waals surface area contributed by atoms with Gasteiger partial charge in [-0.25, -0.2) is 4.98 Å². The van der Waals surface area contributed by atoms with Crippen LogP contribution in [-0.2, 0) is 0 Å². The molecule has 0 aliphatic heterocycles. The predicted octanol–water partition coefficient (Wildman–Crippen LogP) is 4.78. The average Bonchev–Trinajstić information content (AvgIpc) is 2.91. The first kappa shape index (κ1) is 11.9. The Morgan fingerprint density at radius 3 is 2.30 bits per heavy atom. The molecule has 0 aliphatic carbocycles. The van der Waals surface area contributed by atoms with Gasteiger partial charge in [0.2, 0.25) is 0 Å². The molecule has 0 unspecified atom stereocenters. The Morgan fingerprint density at radius 2 is 1.55 bits per heavy atom. The van der Waals surface area contributed by atoms with Crippen molar-refractivity contribution < 1.29 is 0 Å². The third-order valence-corrected chi connectivity index (χ3v) is 4.45. The number of hydrogen-bond acceptors (Lipinski definition) is 1. The largest absolute Gasteiger partial charge is 0.307 e. The van der Waals surface area contributed by atoms with Gasteiger partial charge in [-0.2, -0.15) is 0 Å². The summed E-state index contributed by atoms with van der Waals surface area (Å²) in [4.78, 5) is 4.57. The minimum Gasteiger partial charge on any atom is -0.307 e. The van der Waals surface area contributed by atoms with Crippen LogP contribution in [0.25, 0.3) is 27.4 Å². The van der Waals surface area contributed by atoms with Crippen LogP contribution in [-0.4, -0.2) is 9.55 Å². The molecule has 4 rings (SSSR count). The first-order valence-electron chi connectivity index (χ1n) is 6.43. The number of hydrogen-bond donors (Lipinski definition) is 0. The highest BCUT2D eigenvalue weighted by molar-refractivity contribution is 14.1. The minimum atomic E-state index is 0.956. The van der Waals surface area contributed by atoms with Gasteiger partial charge in [0, 0.05) is 32.9 Å². The summed E-state index contributed by atoms with van der Waals surface area (Å²) < 4.78 is 3.34. The van der Waals surface area contributed by atoms with Gasteiger partial charge in [0.1, 0.15) is 5.82 Å². The fourth-order valence-corrected chi connectivity index (χ4v) is 3.15. The second kappa shape index (κ2) is 4.59. The van der Waals surface area contributed by atoms with Crippen molar-refractivity contribution in [3.8, 4) is 5.82 Å². The van der Waals surface area contributed by atoms with Gasteiger partial charge in [-0.1, -0.05) is 36.4 Å². The van der Waals surface area contributed by atoms with Crippen LogP contribution in [0.2, 0.25) is 0 Å². The summed E-state index contributed by atoms with van der Waals surface area (Å²) in [6.07, 6.45) is 6.19. The SMILES string of the molecule is Ic1cccc2cnc(-n3cc4ccccc4c3)cc12. The van der Waals surface area contributed by atoms with E-state index in [1.807, 2.05) is 6.20 Å². The van der Waals surface area contributed by atoms with Crippen molar-refractivity contribution in [1.82, 2.24) is 9.55 Å². The van der Waals surface area contributed by atoms with E-state index in [1.165, 1.54) is 25.1 Å². The normalized spacial score (nSPS) is 11.2. The summed E-state index contributed by atoms with van der Waals surface area (Å²) in [7, 11) is 0. The summed E-state index contributed by atoms with van der Waals surface area (Å²) in [5, 5.41) is 4.89. The molecule has 0 aliphatic rings. The Labute approximate surface area is 130 Å². The highest BCUT2D eigenvalue weighted by Gasteiger charge is 2.04. The first-order valence-corrected chi connectivity index (χ1v) is 7.50. The zero-order chi connectivity index (χ0) is 13.5. The van der Waals surface area contributed by atoms with Crippen LogP contribution in [0.4, 0.5) is 0 Å². The third-order valence-electron chi connectivity index (χ3n) is 3.51. The second-order valence-corrected chi connectivity index (χ2v) is 5.96. The van der Waals surface area contributed by atoms with Crippen LogP contribution >= 0.6 is 22.6 Å². The van der Waals surface area contributed by atoms with Crippen molar-refractivity contribution in [2.24, 2.45) is 0 Å². The van der Waals surface area contributed by atoms with E-state index in [9.17, 15) is 0 Å². The highest BCUT2D eigenvalue weighted by Crippen LogP contribution is 2.23. The van der Waals surface area contributed by atoms with E-state index in [4.69, 9.17) is 0 Å².